The number of hydrogen-bond donors (Lipinski definition) is 1. The molecule has 2 aliphatic heterocycles. The monoisotopic (exact) mass is 198 g/mol. The fourth-order valence-corrected chi connectivity index (χ4v) is 1.90. The molecule has 2 heterocycles. The highest BCUT2D eigenvalue weighted by Crippen LogP contribution is 2.15. The first kappa shape index (κ1) is 9.45. The Morgan fingerprint density at radius 1 is 1.43 bits per heavy atom. The lowest BCUT2D eigenvalue weighted by atomic mass is 10.1. The fourth-order valence-electron chi connectivity index (χ4n) is 1.90. The normalized spacial score (nSPS) is 28.9. The predicted octanol–water partition coefficient (Wildman–Crippen LogP) is 0.107. The highest BCUT2D eigenvalue weighted by Gasteiger charge is 2.30. The first-order valence-corrected chi connectivity index (χ1v) is 4.95. The van der Waals surface area contributed by atoms with Crippen molar-refractivity contribution >= 4 is 11.9 Å². The molecule has 0 spiro atoms. The van der Waals surface area contributed by atoms with Crippen LogP contribution in [0.25, 0.3) is 0 Å². The molecule has 2 saturated heterocycles. The average Bonchev–Trinajstić information content (AvgIpc) is 2.19. The molecule has 0 aromatic carbocycles. The summed E-state index contributed by atoms with van der Waals surface area (Å²) in [7, 11) is 0. The van der Waals surface area contributed by atoms with Gasteiger partial charge in [0.05, 0.1) is 12.6 Å². The molecule has 0 aromatic rings. The summed E-state index contributed by atoms with van der Waals surface area (Å²) in [5.41, 5.74) is 0. The van der Waals surface area contributed by atoms with E-state index in [1.165, 1.54) is 0 Å². The van der Waals surface area contributed by atoms with Crippen molar-refractivity contribution in [3.8, 4) is 0 Å². The zero-order valence-corrected chi connectivity index (χ0v) is 7.99. The summed E-state index contributed by atoms with van der Waals surface area (Å²) >= 11 is 0. The highest BCUT2D eigenvalue weighted by atomic mass is 16.5. The standard InChI is InChI=1S/C9H14N2O3/c12-8-3-4-11(9(13)10-8)7-2-1-5-14-6-7/h7H,1-6H2,(H,10,12,13). The van der Waals surface area contributed by atoms with Crippen molar-refractivity contribution in [2.24, 2.45) is 0 Å². The Morgan fingerprint density at radius 2 is 2.29 bits per heavy atom. The minimum absolute atomic E-state index is 0.150. The number of carbonyl (C=O) groups is 2. The molecule has 5 nitrogen and oxygen atoms in total. The zero-order chi connectivity index (χ0) is 9.97. The van der Waals surface area contributed by atoms with Crippen molar-refractivity contribution in [3.05, 3.63) is 0 Å². The lowest BCUT2D eigenvalue weighted by molar-refractivity contribution is -0.122. The van der Waals surface area contributed by atoms with Gasteiger partial charge < -0.3 is 9.64 Å². The molecule has 1 unspecified atom stereocenters. The molecule has 2 rings (SSSR count). The van der Waals surface area contributed by atoms with Gasteiger partial charge in [0.1, 0.15) is 0 Å². The van der Waals surface area contributed by atoms with Gasteiger partial charge in [-0.3, -0.25) is 10.1 Å². The van der Waals surface area contributed by atoms with E-state index in [4.69, 9.17) is 4.74 Å². The Bertz CT molecular complexity index is 248. The number of imide groups is 1. The minimum atomic E-state index is -0.267. The molecule has 3 amide bonds. The van der Waals surface area contributed by atoms with E-state index in [2.05, 4.69) is 5.32 Å². The summed E-state index contributed by atoms with van der Waals surface area (Å²) in [5.74, 6) is -0.178. The van der Waals surface area contributed by atoms with Crippen LogP contribution in [0.3, 0.4) is 0 Å². The maximum Gasteiger partial charge on any atom is 0.324 e. The Morgan fingerprint density at radius 3 is 2.93 bits per heavy atom. The van der Waals surface area contributed by atoms with E-state index in [1.807, 2.05) is 0 Å². The topological polar surface area (TPSA) is 58.6 Å². The van der Waals surface area contributed by atoms with E-state index < -0.39 is 0 Å². The molecule has 0 radical (unpaired) electrons. The van der Waals surface area contributed by atoms with Crippen LogP contribution in [-0.4, -0.2) is 42.6 Å². The molecule has 0 bridgehead atoms. The Labute approximate surface area is 82.4 Å². The van der Waals surface area contributed by atoms with E-state index in [-0.39, 0.29) is 18.0 Å². The molecule has 2 fully saturated rings. The van der Waals surface area contributed by atoms with Crippen LogP contribution in [0, 0.1) is 0 Å². The smallest absolute Gasteiger partial charge is 0.324 e. The molecular formula is C9H14N2O3. The van der Waals surface area contributed by atoms with Gasteiger partial charge in [-0.2, -0.15) is 0 Å². The summed E-state index contributed by atoms with van der Waals surface area (Å²) in [5, 5.41) is 2.32. The molecule has 0 aromatic heterocycles. The minimum Gasteiger partial charge on any atom is -0.379 e. The predicted molar refractivity (Wildman–Crippen MR) is 48.7 cm³/mol. The van der Waals surface area contributed by atoms with Crippen molar-refractivity contribution in [1.82, 2.24) is 10.2 Å². The SMILES string of the molecule is O=C1CCN(C2CCCOC2)C(=O)N1. The molecule has 1 atom stereocenters. The molecule has 14 heavy (non-hydrogen) atoms. The third kappa shape index (κ3) is 1.87. The Hall–Kier alpha value is -1.10. The van der Waals surface area contributed by atoms with E-state index in [0.717, 1.165) is 19.4 Å². The number of hydrogen-bond acceptors (Lipinski definition) is 3. The number of amides is 3. The molecule has 0 aliphatic carbocycles. The quantitative estimate of drug-likeness (QED) is 0.650. The summed E-state index contributed by atoms with van der Waals surface area (Å²) in [4.78, 5) is 24.1. The first-order valence-electron chi connectivity index (χ1n) is 4.95. The Kier molecular flexibility index (Phi) is 2.67. The lowest BCUT2D eigenvalue weighted by Gasteiger charge is -2.36. The second kappa shape index (κ2) is 3.96. The van der Waals surface area contributed by atoms with Crippen LogP contribution in [0.5, 0.6) is 0 Å². The summed E-state index contributed by atoms with van der Waals surface area (Å²) < 4.78 is 5.30. The number of ether oxygens (including phenoxy) is 1. The largest absolute Gasteiger partial charge is 0.379 e. The third-order valence-corrected chi connectivity index (χ3v) is 2.66. The van der Waals surface area contributed by atoms with Crippen LogP contribution in [0.15, 0.2) is 0 Å². The van der Waals surface area contributed by atoms with Crippen molar-refractivity contribution in [1.29, 1.82) is 0 Å². The van der Waals surface area contributed by atoms with Crippen LogP contribution >= 0.6 is 0 Å². The van der Waals surface area contributed by atoms with Gasteiger partial charge in [0.2, 0.25) is 5.91 Å². The maximum absolute atomic E-state index is 11.4. The summed E-state index contributed by atoms with van der Waals surface area (Å²) in [6.07, 6.45) is 2.37. The molecule has 2 aliphatic rings. The van der Waals surface area contributed by atoms with Crippen molar-refractivity contribution in [3.63, 3.8) is 0 Å². The molecule has 78 valence electrons. The second-order valence-corrected chi connectivity index (χ2v) is 3.67. The van der Waals surface area contributed by atoms with E-state index in [0.29, 0.717) is 19.6 Å². The van der Waals surface area contributed by atoms with Gasteiger partial charge in [-0.05, 0) is 12.8 Å². The number of rotatable bonds is 1. The molecule has 1 N–H and O–H groups in total. The number of nitrogens with zero attached hydrogens (tertiary/aromatic N) is 1. The van der Waals surface area contributed by atoms with Crippen LogP contribution in [0.4, 0.5) is 4.79 Å². The highest BCUT2D eigenvalue weighted by molar-refractivity contribution is 5.96. The van der Waals surface area contributed by atoms with Crippen LogP contribution in [0.1, 0.15) is 19.3 Å². The van der Waals surface area contributed by atoms with Gasteiger partial charge >= 0.3 is 6.03 Å². The van der Waals surface area contributed by atoms with Crippen LogP contribution in [-0.2, 0) is 9.53 Å². The van der Waals surface area contributed by atoms with E-state index in [1.54, 1.807) is 4.90 Å². The fraction of sp³-hybridized carbons (Fsp3) is 0.778. The summed E-state index contributed by atoms with van der Waals surface area (Å²) in [6.45, 7) is 1.91. The van der Waals surface area contributed by atoms with Gasteiger partial charge in [0, 0.05) is 19.6 Å². The third-order valence-electron chi connectivity index (χ3n) is 2.66. The van der Waals surface area contributed by atoms with Gasteiger partial charge in [-0.25, -0.2) is 4.79 Å². The van der Waals surface area contributed by atoms with Gasteiger partial charge in [0.15, 0.2) is 0 Å². The number of urea groups is 1. The molecular weight excluding hydrogens is 184 g/mol. The number of nitrogens with one attached hydrogen (secondary N) is 1. The van der Waals surface area contributed by atoms with E-state index >= 15 is 0 Å². The average molecular weight is 198 g/mol. The van der Waals surface area contributed by atoms with Crippen molar-refractivity contribution < 1.29 is 14.3 Å². The second-order valence-electron chi connectivity index (χ2n) is 3.67. The van der Waals surface area contributed by atoms with Crippen LogP contribution in [0.2, 0.25) is 0 Å². The first-order chi connectivity index (χ1) is 6.77. The van der Waals surface area contributed by atoms with Gasteiger partial charge in [-0.15, -0.1) is 0 Å². The number of carbonyl (C=O) groups excluding carboxylic acids is 2. The zero-order valence-electron chi connectivity index (χ0n) is 7.99. The van der Waals surface area contributed by atoms with Crippen molar-refractivity contribution in [2.75, 3.05) is 19.8 Å². The van der Waals surface area contributed by atoms with E-state index in [9.17, 15) is 9.59 Å². The molecule has 5 heteroatoms. The van der Waals surface area contributed by atoms with Crippen LogP contribution < -0.4 is 5.32 Å². The lowest BCUT2D eigenvalue weighted by Crippen LogP contribution is -2.55. The molecule has 0 saturated carbocycles. The van der Waals surface area contributed by atoms with Crippen molar-refractivity contribution in [2.45, 2.75) is 25.3 Å². The van der Waals surface area contributed by atoms with Gasteiger partial charge in [0.25, 0.3) is 0 Å². The Balaban J connectivity index is 1.95. The maximum atomic E-state index is 11.4. The summed E-state index contributed by atoms with van der Waals surface area (Å²) in [6, 6.07) is -0.117. The van der Waals surface area contributed by atoms with Gasteiger partial charge in [-0.1, -0.05) is 0 Å².